The third-order valence-corrected chi connectivity index (χ3v) is 3.12. The first-order valence-corrected chi connectivity index (χ1v) is 6.18. The van der Waals surface area contributed by atoms with Crippen LogP contribution in [0.25, 0.3) is 10.9 Å². The standard InChI is InChI=1S/C14H19N3.ClH/c1-4-17(5-2)10-13-15-9-12-8-6-7-11(3)14(12)16-13;/h6-9H,4-5,10H2,1-3H3;1H. The Hall–Kier alpha value is -1.19. The Morgan fingerprint density at radius 3 is 2.56 bits per heavy atom. The van der Waals surface area contributed by atoms with Crippen molar-refractivity contribution >= 4 is 23.3 Å². The molecule has 0 aliphatic rings. The van der Waals surface area contributed by atoms with Gasteiger partial charge in [-0.2, -0.15) is 0 Å². The number of fused-ring (bicyclic) bond motifs is 1. The summed E-state index contributed by atoms with van der Waals surface area (Å²) in [5.74, 6) is 0.913. The molecule has 18 heavy (non-hydrogen) atoms. The summed E-state index contributed by atoms with van der Waals surface area (Å²) in [4.78, 5) is 11.4. The van der Waals surface area contributed by atoms with Gasteiger partial charge in [0.25, 0.3) is 0 Å². The molecule has 0 radical (unpaired) electrons. The molecule has 4 heteroatoms. The molecule has 0 aliphatic carbocycles. The van der Waals surface area contributed by atoms with Crippen molar-refractivity contribution in [3.05, 3.63) is 35.8 Å². The van der Waals surface area contributed by atoms with E-state index in [4.69, 9.17) is 0 Å². The molecular weight excluding hydrogens is 246 g/mol. The first kappa shape index (κ1) is 14.9. The minimum Gasteiger partial charge on any atom is -0.296 e. The van der Waals surface area contributed by atoms with E-state index in [0.29, 0.717) is 0 Å². The van der Waals surface area contributed by atoms with Crippen molar-refractivity contribution in [1.82, 2.24) is 14.9 Å². The van der Waals surface area contributed by atoms with E-state index in [0.717, 1.165) is 36.4 Å². The molecule has 2 rings (SSSR count). The van der Waals surface area contributed by atoms with E-state index >= 15 is 0 Å². The fourth-order valence-electron chi connectivity index (χ4n) is 1.96. The van der Waals surface area contributed by atoms with Crippen LogP contribution in [-0.2, 0) is 6.54 Å². The monoisotopic (exact) mass is 265 g/mol. The van der Waals surface area contributed by atoms with Crippen molar-refractivity contribution in [2.75, 3.05) is 13.1 Å². The average Bonchev–Trinajstić information content (AvgIpc) is 2.37. The number of nitrogens with zero attached hydrogens (tertiary/aromatic N) is 3. The lowest BCUT2D eigenvalue weighted by Crippen LogP contribution is -2.23. The molecule has 1 heterocycles. The summed E-state index contributed by atoms with van der Waals surface area (Å²) in [6, 6.07) is 6.20. The Bertz CT molecular complexity index is 509. The van der Waals surface area contributed by atoms with E-state index in [1.54, 1.807) is 0 Å². The lowest BCUT2D eigenvalue weighted by molar-refractivity contribution is 0.288. The van der Waals surface area contributed by atoms with Gasteiger partial charge in [-0.25, -0.2) is 9.97 Å². The molecule has 1 aromatic heterocycles. The second-order valence-corrected chi connectivity index (χ2v) is 4.26. The second-order valence-electron chi connectivity index (χ2n) is 4.26. The van der Waals surface area contributed by atoms with E-state index in [1.165, 1.54) is 5.56 Å². The molecule has 0 saturated heterocycles. The summed E-state index contributed by atoms with van der Waals surface area (Å²) in [5.41, 5.74) is 2.29. The van der Waals surface area contributed by atoms with E-state index in [1.807, 2.05) is 12.3 Å². The first-order valence-electron chi connectivity index (χ1n) is 6.18. The van der Waals surface area contributed by atoms with Crippen LogP contribution >= 0.6 is 12.4 Å². The second kappa shape index (κ2) is 6.66. The zero-order valence-electron chi connectivity index (χ0n) is 11.2. The summed E-state index contributed by atoms with van der Waals surface area (Å²) in [7, 11) is 0. The Kier molecular flexibility index (Phi) is 5.51. The van der Waals surface area contributed by atoms with Crippen molar-refractivity contribution in [1.29, 1.82) is 0 Å². The molecular formula is C14H20ClN3. The zero-order chi connectivity index (χ0) is 12.3. The quantitative estimate of drug-likeness (QED) is 0.850. The normalized spacial score (nSPS) is 10.7. The van der Waals surface area contributed by atoms with Gasteiger partial charge in [-0.1, -0.05) is 32.0 Å². The van der Waals surface area contributed by atoms with Gasteiger partial charge in [0.1, 0.15) is 5.82 Å². The molecule has 0 saturated carbocycles. The van der Waals surface area contributed by atoms with Gasteiger partial charge in [-0.3, -0.25) is 4.90 Å². The van der Waals surface area contributed by atoms with Crippen LogP contribution in [0.1, 0.15) is 25.2 Å². The molecule has 1 aromatic carbocycles. The number of benzene rings is 1. The highest BCUT2D eigenvalue weighted by atomic mass is 35.5. The third kappa shape index (κ3) is 3.18. The molecule has 0 N–H and O–H groups in total. The van der Waals surface area contributed by atoms with E-state index in [9.17, 15) is 0 Å². The zero-order valence-corrected chi connectivity index (χ0v) is 12.0. The van der Waals surface area contributed by atoms with Gasteiger partial charge >= 0.3 is 0 Å². The Balaban J connectivity index is 0.00000162. The van der Waals surface area contributed by atoms with Crippen LogP contribution in [0.4, 0.5) is 0 Å². The van der Waals surface area contributed by atoms with E-state index in [2.05, 4.69) is 47.8 Å². The number of para-hydroxylation sites is 1. The van der Waals surface area contributed by atoms with Crippen LogP contribution in [0, 0.1) is 6.92 Å². The van der Waals surface area contributed by atoms with Crippen molar-refractivity contribution in [2.24, 2.45) is 0 Å². The van der Waals surface area contributed by atoms with Crippen LogP contribution in [0.5, 0.6) is 0 Å². The van der Waals surface area contributed by atoms with Crippen LogP contribution in [0.3, 0.4) is 0 Å². The highest BCUT2D eigenvalue weighted by molar-refractivity contribution is 5.85. The van der Waals surface area contributed by atoms with E-state index < -0.39 is 0 Å². The van der Waals surface area contributed by atoms with Gasteiger partial charge in [0.2, 0.25) is 0 Å². The van der Waals surface area contributed by atoms with E-state index in [-0.39, 0.29) is 12.4 Å². The number of aryl methyl sites for hydroxylation is 1. The Morgan fingerprint density at radius 2 is 1.89 bits per heavy atom. The summed E-state index contributed by atoms with van der Waals surface area (Å²) in [6.07, 6.45) is 1.92. The summed E-state index contributed by atoms with van der Waals surface area (Å²) in [5, 5.41) is 1.12. The minimum absolute atomic E-state index is 0. The summed E-state index contributed by atoms with van der Waals surface area (Å²) in [6.45, 7) is 9.32. The molecule has 0 aliphatic heterocycles. The maximum Gasteiger partial charge on any atom is 0.142 e. The van der Waals surface area contributed by atoms with Crippen LogP contribution in [-0.4, -0.2) is 28.0 Å². The molecule has 0 atom stereocenters. The largest absolute Gasteiger partial charge is 0.296 e. The number of halogens is 1. The lowest BCUT2D eigenvalue weighted by atomic mass is 10.1. The summed E-state index contributed by atoms with van der Waals surface area (Å²) >= 11 is 0. The molecule has 2 aromatic rings. The Labute approximate surface area is 115 Å². The smallest absolute Gasteiger partial charge is 0.142 e. The molecule has 0 fully saturated rings. The molecule has 0 amide bonds. The van der Waals surface area contributed by atoms with Gasteiger partial charge in [0.05, 0.1) is 12.1 Å². The maximum atomic E-state index is 4.66. The number of aromatic nitrogens is 2. The first-order chi connectivity index (χ1) is 8.24. The lowest BCUT2D eigenvalue weighted by Gasteiger charge is -2.16. The highest BCUT2D eigenvalue weighted by Crippen LogP contribution is 2.15. The minimum atomic E-state index is 0. The van der Waals surface area contributed by atoms with Crippen LogP contribution in [0.2, 0.25) is 0 Å². The van der Waals surface area contributed by atoms with Gasteiger partial charge in [-0.05, 0) is 25.6 Å². The molecule has 0 bridgehead atoms. The van der Waals surface area contributed by atoms with Crippen molar-refractivity contribution in [2.45, 2.75) is 27.3 Å². The molecule has 0 spiro atoms. The van der Waals surface area contributed by atoms with Gasteiger partial charge in [-0.15, -0.1) is 12.4 Å². The average molecular weight is 266 g/mol. The maximum absolute atomic E-state index is 4.66. The fraction of sp³-hybridized carbons (Fsp3) is 0.429. The number of hydrogen-bond acceptors (Lipinski definition) is 3. The predicted molar refractivity (Wildman–Crippen MR) is 78.1 cm³/mol. The number of rotatable bonds is 4. The topological polar surface area (TPSA) is 29.0 Å². The molecule has 98 valence electrons. The molecule has 0 unspecified atom stereocenters. The SMILES string of the molecule is CCN(CC)Cc1ncc2cccc(C)c2n1.Cl. The van der Waals surface area contributed by atoms with Gasteiger partial charge in [0.15, 0.2) is 0 Å². The fourth-order valence-corrected chi connectivity index (χ4v) is 1.96. The van der Waals surface area contributed by atoms with Crippen molar-refractivity contribution in [3.63, 3.8) is 0 Å². The molecule has 3 nitrogen and oxygen atoms in total. The predicted octanol–water partition coefficient (Wildman–Crippen LogP) is 3.20. The van der Waals surface area contributed by atoms with Crippen LogP contribution in [0.15, 0.2) is 24.4 Å². The third-order valence-electron chi connectivity index (χ3n) is 3.12. The van der Waals surface area contributed by atoms with Crippen LogP contribution < -0.4 is 0 Å². The van der Waals surface area contributed by atoms with Crippen molar-refractivity contribution < 1.29 is 0 Å². The van der Waals surface area contributed by atoms with Crippen molar-refractivity contribution in [3.8, 4) is 0 Å². The number of hydrogen-bond donors (Lipinski definition) is 0. The van der Waals surface area contributed by atoms with Gasteiger partial charge < -0.3 is 0 Å². The Morgan fingerprint density at radius 1 is 1.17 bits per heavy atom. The summed E-state index contributed by atoms with van der Waals surface area (Å²) < 4.78 is 0. The van der Waals surface area contributed by atoms with Gasteiger partial charge in [0, 0.05) is 11.6 Å². The highest BCUT2D eigenvalue weighted by Gasteiger charge is 2.05.